The molecule has 2 atom stereocenters. The van der Waals surface area contributed by atoms with Crippen LogP contribution < -0.4 is 15.8 Å². The summed E-state index contributed by atoms with van der Waals surface area (Å²) < 4.78 is 6.06. The maximum Gasteiger partial charge on any atom is 0.333 e. The Morgan fingerprint density at radius 1 is 1.08 bits per heavy atom. The number of aryl methyl sites for hydroxylation is 2. The Bertz CT molecular complexity index is 1250. The molecule has 2 aliphatic heterocycles. The van der Waals surface area contributed by atoms with Crippen LogP contribution in [0, 0.1) is 20.8 Å². The summed E-state index contributed by atoms with van der Waals surface area (Å²) in [6.45, 7) is 7.59. The van der Waals surface area contributed by atoms with Gasteiger partial charge in [-0.2, -0.15) is 0 Å². The number of carboxylic acid groups (broad SMARTS) is 1. The number of hydrogen-bond donors (Lipinski definition) is 3. The molecule has 0 radical (unpaired) electrons. The molecule has 1 fully saturated rings. The van der Waals surface area contributed by atoms with E-state index in [-0.39, 0.29) is 24.8 Å². The number of carbonyl (C=O) groups excluding carboxylic acids is 2. The zero-order valence-electron chi connectivity index (χ0n) is 22.4. The fourth-order valence-electron chi connectivity index (χ4n) is 5.44. The molecule has 8 heteroatoms. The zero-order chi connectivity index (χ0) is 27.4. The summed E-state index contributed by atoms with van der Waals surface area (Å²) in [6, 6.07) is 11.8. The molecule has 0 aliphatic carbocycles. The lowest BCUT2D eigenvalue weighted by Gasteiger charge is -2.43. The summed E-state index contributed by atoms with van der Waals surface area (Å²) in [4.78, 5) is 37.7. The lowest BCUT2D eigenvalue weighted by atomic mass is 9.83. The van der Waals surface area contributed by atoms with Crippen molar-refractivity contribution in [3.8, 4) is 5.75 Å². The SMILES string of the molecule is Cc1cc(C)c(C)c(OCCc2ccc(C3=C(C(=O)O)[C@H]4CN(C(=O)CCCC(N)=O)CC(C3)N4)cc2)c1. The van der Waals surface area contributed by atoms with E-state index >= 15 is 0 Å². The minimum Gasteiger partial charge on any atom is -0.493 e. The van der Waals surface area contributed by atoms with Gasteiger partial charge in [0.25, 0.3) is 0 Å². The minimum absolute atomic E-state index is 0.0268. The largest absolute Gasteiger partial charge is 0.493 e. The number of benzene rings is 2. The summed E-state index contributed by atoms with van der Waals surface area (Å²) in [7, 11) is 0. The third-order valence-corrected chi connectivity index (χ3v) is 7.52. The summed E-state index contributed by atoms with van der Waals surface area (Å²) in [5.74, 6) is -0.554. The van der Waals surface area contributed by atoms with Gasteiger partial charge in [-0.1, -0.05) is 30.3 Å². The van der Waals surface area contributed by atoms with Gasteiger partial charge < -0.3 is 25.8 Å². The number of ether oxygens (including phenoxy) is 1. The highest BCUT2D eigenvalue weighted by Crippen LogP contribution is 2.33. The molecule has 2 amide bonds. The van der Waals surface area contributed by atoms with Gasteiger partial charge in [-0.3, -0.25) is 9.59 Å². The number of nitrogens with one attached hydrogen (secondary N) is 1. The maximum absolute atomic E-state index is 12.7. The lowest BCUT2D eigenvalue weighted by molar-refractivity contribution is -0.136. The number of fused-ring (bicyclic) bond motifs is 2. The van der Waals surface area contributed by atoms with Crippen LogP contribution in [-0.2, 0) is 20.8 Å². The maximum atomic E-state index is 12.7. The fraction of sp³-hybridized carbons (Fsp3) is 0.433. The summed E-state index contributed by atoms with van der Waals surface area (Å²) in [6.07, 6.45) is 2.08. The molecule has 2 aromatic rings. The van der Waals surface area contributed by atoms with Crippen LogP contribution in [0.1, 0.15) is 53.5 Å². The molecular formula is C30H37N3O5. The summed E-state index contributed by atoms with van der Waals surface area (Å²) >= 11 is 0. The number of nitrogens with zero attached hydrogens (tertiary/aromatic N) is 1. The molecule has 2 aliphatic rings. The van der Waals surface area contributed by atoms with Gasteiger partial charge in [0.2, 0.25) is 11.8 Å². The van der Waals surface area contributed by atoms with Crippen LogP contribution in [0.15, 0.2) is 42.0 Å². The fourth-order valence-corrected chi connectivity index (χ4v) is 5.44. The molecule has 2 aromatic carbocycles. The molecule has 2 heterocycles. The van der Waals surface area contributed by atoms with Crippen LogP contribution in [0.5, 0.6) is 5.75 Å². The van der Waals surface area contributed by atoms with E-state index < -0.39 is 17.9 Å². The highest BCUT2D eigenvalue weighted by Gasteiger charge is 2.39. The number of nitrogens with two attached hydrogens (primary N) is 1. The van der Waals surface area contributed by atoms with Gasteiger partial charge in [0.05, 0.1) is 18.2 Å². The third kappa shape index (κ3) is 6.42. The van der Waals surface area contributed by atoms with Gasteiger partial charge in [0, 0.05) is 38.4 Å². The van der Waals surface area contributed by atoms with E-state index in [2.05, 4.69) is 38.2 Å². The Hall–Kier alpha value is -3.65. The molecule has 4 N–H and O–H groups in total. The molecule has 2 bridgehead atoms. The number of amides is 2. The Morgan fingerprint density at radius 2 is 1.82 bits per heavy atom. The van der Waals surface area contributed by atoms with Gasteiger partial charge >= 0.3 is 5.97 Å². The molecule has 4 rings (SSSR count). The van der Waals surface area contributed by atoms with E-state index in [1.54, 1.807) is 4.90 Å². The average molecular weight is 520 g/mol. The Kier molecular flexibility index (Phi) is 8.52. The first-order valence-corrected chi connectivity index (χ1v) is 13.2. The van der Waals surface area contributed by atoms with Gasteiger partial charge in [0.1, 0.15) is 5.75 Å². The second-order valence-electron chi connectivity index (χ2n) is 10.4. The predicted octanol–water partition coefficient (Wildman–Crippen LogP) is 3.30. The number of aliphatic carboxylic acids is 1. The third-order valence-electron chi connectivity index (χ3n) is 7.52. The predicted molar refractivity (Wildman–Crippen MR) is 146 cm³/mol. The molecule has 38 heavy (non-hydrogen) atoms. The quantitative estimate of drug-likeness (QED) is 0.443. The van der Waals surface area contributed by atoms with Crippen molar-refractivity contribution >= 4 is 23.4 Å². The smallest absolute Gasteiger partial charge is 0.333 e. The van der Waals surface area contributed by atoms with Gasteiger partial charge in [-0.25, -0.2) is 4.79 Å². The van der Waals surface area contributed by atoms with E-state index in [1.165, 1.54) is 11.1 Å². The van der Waals surface area contributed by atoms with Crippen molar-refractivity contribution in [1.29, 1.82) is 0 Å². The number of carboxylic acids is 1. The van der Waals surface area contributed by atoms with Crippen molar-refractivity contribution < 1.29 is 24.2 Å². The highest BCUT2D eigenvalue weighted by atomic mass is 16.5. The first kappa shape index (κ1) is 27.4. The molecule has 0 spiro atoms. The number of carbonyl (C=O) groups is 3. The molecule has 0 saturated carbocycles. The normalized spacial score (nSPS) is 18.9. The lowest BCUT2D eigenvalue weighted by Crippen LogP contribution is -2.61. The standard InChI is InChI=1S/C30H37N3O5/c1-18-13-19(2)20(3)26(14-18)38-12-11-21-7-9-22(10-8-21)24-15-23-16-33(28(35)6-4-5-27(31)34)17-25(32-23)29(24)30(36)37/h7-10,13-14,23,25,32H,4-6,11-12,15-17H2,1-3H3,(H2,31,34)(H,36,37)/t23?,25-/m1/s1. The minimum atomic E-state index is -0.972. The average Bonchev–Trinajstić information content (AvgIpc) is 2.86. The van der Waals surface area contributed by atoms with Crippen LogP contribution in [0.25, 0.3) is 5.57 Å². The van der Waals surface area contributed by atoms with Crippen molar-refractivity contribution in [1.82, 2.24) is 10.2 Å². The van der Waals surface area contributed by atoms with Gasteiger partial charge in [-0.05, 0) is 73.1 Å². The molecule has 1 saturated heterocycles. The molecule has 1 unspecified atom stereocenters. The Morgan fingerprint density at radius 3 is 2.50 bits per heavy atom. The van der Waals surface area contributed by atoms with Crippen molar-refractivity contribution in [3.05, 3.63) is 69.8 Å². The first-order chi connectivity index (χ1) is 18.1. The van der Waals surface area contributed by atoms with Crippen LogP contribution in [0.2, 0.25) is 0 Å². The van der Waals surface area contributed by atoms with E-state index in [0.29, 0.717) is 38.1 Å². The Labute approximate surface area is 223 Å². The number of hydrogen-bond acceptors (Lipinski definition) is 5. The summed E-state index contributed by atoms with van der Waals surface area (Å²) in [5.41, 5.74) is 11.9. The van der Waals surface area contributed by atoms with Gasteiger partial charge in [-0.15, -0.1) is 0 Å². The highest BCUT2D eigenvalue weighted by molar-refractivity contribution is 5.98. The topological polar surface area (TPSA) is 122 Å². The van der Waals surface area contributed by atoms with E-state index in [9.17, 15) is 19.5 Å². The van der Waals surface area contributed by atoms with E-state index in [1.807, 2.05) is 24.3 Å². The monoisotopic (exact) mass is 519 g/mol. The Balaban J connectivity index is 1.43. The van der Waals surface area contributed by atoms with Crippen molar-refractivity contribution in [2.45, 2.75) is 65.0 Å². The van der Waals surface area contributed by atoms with Crippen LogP contribution in [0.4, 0.5) is 0 Å². The first-order valence-electron chi connectivity index (χ1n) is 13.2. The number of piperazine rings is 1. The number of rotatable bonds is 10. The second-order valence-corrected chi connectivity index (χ2v) is 10.4. The van der Waals surface area contributed by atoms with Crippen LogP contribution >= 0.6 is 0 Å². The molecular weight excluding hydrogens is 482 g/mol. The van der Waals surface area contributed by atoms with Crippen molar-refractivity contribution in [2.75, 3.05) is 19.7 Å². The molecule has 202 valence electrons. The molecule has 8 nitrogen and oxygen atoms in total. The van der Waals surface area contributed by atoms with Crippen molar-refractivity contribution in [3.63, 3.8) is 0 Å². The van der Waals surface area contributed by atoms with E-state index in [4.69, 9.17) is 10.5 Å². The molecule has 0 aromatic heterocycles. The van der Waals surface area contributed by atoms with Crippen LogP contribution in [-0.4, -0.2) is 59.6 Å². The second kappa shape index (κ2) is 11.8. The van der Waals surface area contributed by atoms with Gasteiger partial charge in [0.15, 0.2) is 0 Å². The zero-order valence-corrected chi connectivity index (χ0v) is 22.4. The van der Waals surface area contributed by atoms with E-state index in [0.717, 1.165) is 34.4 Å². The summed E-state index contributed by atoms with van der Waals surface area (Å²) in [5, 5.41) is 13.5. The van der Waals surface area contributed by atoms with Crippen LogP contribution in [0.3, 0.4) is 0 Å². The number of primary amides is 1. The van der Waals surface area contributed by atoms with Crippen molar-refractivity contribution in [2.24, 2.45) is 5.73 Å².